The van der Waals surface area contributed by atoms with Gasteiger partial charge in [0.1, 0.15) is 0 Å². The van der Waals surface area contributed by atoms with E-state index >= 15 is 0 Å². The first-order valence-electron chi connectivity index (χ1n) is 6.62. The molecule has 2 aliphatic heterocycles. The van der Waals surface area contributed by atoms with Crippen molar-refractivity contribution >= 4 is 0 Å². The van der Waals surface area contributed by atoms with Crippen LogP contribution in [0.5, 0.6) is 0 Å². The summed E-state index contributed by atoms with van der Waals surface area (Å²) in [5.74, 6) is 0.914. The third kappa shape index (κ3) is 3.46. The Balaban J connectivity index is 1.52. The van der Waals surface area contributed by atoms with Crippen molar-refractivity contribution in [1.29, 1.82) is 0 Å². The van der Waals surface area contributed by atoms with Gasteiger partial charge in [-0.25, -0.2) is 0 Å². The Labute approximate surface area is 94.6 Å². The Morgan fingerprint density at radius 2 is 1.53 bits per heavy atom. The van der Waals surface area contributed by atoms with Crippen LogP contribution in [0.15, 0.2) is 0 Å². The van der Waals surface area contributed by atoms with Gasteiger partial charge in [0.05, 0.1) is 0 Å². The Hall–Kier alpha value is -0.0800. The van der Waals surface area contributed by atoms with Gasteiger partial charge < -0.3 is 9.80 Å². The highest BCUT2D eigenvalue weighted by molar-refractivity contribution is 4.74. The standard InChI is InChI=1S/C13H25N2/c1-2-13-5-11-15(12-6-13)10-4-9-14-7-3-8-14/h13H,1-12H2. The molecule has 87 valence electrons. The number of likely N-dealkylation sites (tertiary alicyclic amines) is 2. The summed E-state index contributed by atoms with van der Waals surface area (Å²) >= 11 is 0. The third-order valence-corrected chi connectivity index (χ3v) is 4.01. The fourth-order valence-electron chi connectivity index (χ4n) is 2.62. The second-order valence-corrected chi connectivity index (χ2v) is 5.12. The van der Waals surface area contributed by atoms with Crippen LogP contribution in [0.3, 0.4) is 0 Å². The first-order chi connectivity index (χ1) is 7.38. The lowest BCUT2D eigenvalue weighted by molar-refractivity contribution is 0.147. The molecule has 0 amide bonds. The summed E-state index contributed by atoms with van der Waals surface area (Å²) in [6.07, 6.45) is 6.70. The molecule has 0 bridgehead atoms. The Bertz CT molecular complexity index is 169. The van der Waals surface area contributed by atoms with Gasteiger partial charge in [-0.05, 0) is 70.9 Å². The van der Waals surface area contributed by atoms with E-state index in [2.05, 4.69) is 16.7 Å². The summed E-state index contributed by atoms with van der Waals surface area (Å²) in [5.41, 5.74) is 0. The molecule has 0 aromatic heterocycles. The van der Waals surface area contributed by atoms with Gasteiger partial charge in [0, 0.05) is 0 Å². The number of rotatable bonds is 5. The number of hydrogen-bond acceptors (Lipinski definition) is 2. The quantitative estimate of drug-likeness (QED) is 0.683. The zero-order chi connectivity index (χ0) is 10.5. The van der Waals surface area contributed by atoms with Crippen molar-refractivity contribution in [1.82, 2.24) is 9.80 Å². The zero-order valence-electron chi connectivity index (χ0n) is 9.96. The molecule has 1 radical (unpaired) electrons. The van der Waals surface area contributed by atoms with Gasteiger partial charge in [-0.15, -0.1) is 0 Å². The molecule has 2 fully saturated rings. The first kappa shape index (κ1) is 11.4. The highest BCUT2D eigenvalue weighted by Gasteiger charge is 2.18. The highest BCUT2D eigenvalue weighted by Crippen LogP contribution is 2.19. The molecule has 0 atom stereocenters. The van der Waals surface area contributed by atoms with E-state index in [9.17, 15) is 0 Å². The van der Waals surface area contributed by atoms with E-state index in [1.807, 2.05) is 0 Å². The van der Waals surface area contributed by atoms with E-state index in [0.29, 0.717) is 0 Å². The lowest BCUT2D eigenvalue weighted by Crippen LogP contribution is -2.40. The minimum absolute atomic E-state index is 0.914. The molecule has 0 aromatic carbocycles. The molecule has 2 aliphatic rings. The molecule has 0 saturated carbocycles. The summed E-state index contributed by atoms with van der Waals surface area (Å²) in [6, 6.07) is 0. The normalized spacial score (nSPS) is 25.4. The lowest BCUT2D eigenvalue weighted by Gasteiger charge is -2.34. The third-order valence-electron chi connectivity index (χ3n) is 4.01. The van der Waals surface area contributed by atoms with E-state index in [4.69, 9.17) is 0 Å². The molecule has 0 aliphatic carbocycles. The first-order valence-corrected chi connectivity index (χ1v) is 6.62. The van der Waals surface area contributed by atoms with E-state index in [-0.39, 0.29) is 0 Å². The maximum absolute atomic E-state index is 4.01. The Morgan fingerprint density at radius 1 is 0.933 bits per heavy atom. The van der Waals surface area contributed by atoms with Crippen molar-refractivity contribution in [3.63, 3.8) is 0 Å². The number of nitrogens with zero attached hydrogens (tertiary/aromatic N) is 2. The van der Waals surface area contributed by atoms with Gasteiger partial charge in [-0.1, -0.05) is 13.3 Å². The molecular weight excluding hydrogens is 184 g/mol. The average molecular weight is 209 g/mol. The zero-order valence-corrected chi connectivity index (χ0v) is 9.96. The SMILES string of the molecule is [CH2]CC1CCN(CCCN2CCC2)CC1. The Morgan fingerprint density at radius 3 is 2.00 bits per heavy atom. The topological polar surface area (TPSA) is 6.48 Å². The van der Waals surface area contributed by atoms with Crippen LogP contribution >= 0.6 is 0 Å². The smallest absolute Gasteiger partial charge is 0.000653 e. The van der Waals surface area contributed by atoms with Crippen molar-refractivity contribution in [2.24, 2.45) is 5.92 Å². The van der Waals surface area contributed by atoms with Crippen LogP contribution in [0.2, 0.25) is 0 Å². The van der Waals surface area contributed by atoms with Crippen molar-refractivity contribution in [2.75, 3.05) is 39.3 Å². The summed E-state index contributed by atoms with van der Waals surface area (Å²) in [6.45, 7) is 12.0. The van der Waals surface area contributed by atoms with Crippen LogP contribution in [0.25, 0.3) is 0 Å². The summed E-state index contributed by atoms with van der Waals surface area (Å²) in [4.78, 5) is 5.22. The van der Waals surface area contributed by atoms with Crippen LogP contribution in [0.1, 0.15) is 32.1 Å². The molecule has 15 heavy (non-hydrogen) atoms. The molecule has 2 saturated heterocycles. The molecular formula is C13H25N2. The predicted octanol–water partition coefficient (Wildman–Crippen LogP) is 2.02. The van der Waals surface area contributed by atoms with Gasteiger partial charge in [-0.3, -0.25) is 0 Å². The summed E-state index contributed by atoms with van der Waals surface area (Å²) in [5, 5.41) is 0. The van der Waals surface area contributed by atoms with Gasteiger partial charge >= 0.3 is 0 Å². The van der Waals surface area contributed by atoms with Crippen LogP contribution in [-0.2, 0) is 0 Å². The number of piperidine rings is 1. The van der Waals surface area contributed by atoms with E-state index < -0.39 is 0 Å². The van der Waals surface area contributed by atoms with Crippen molar-refractivity contribution in [3.8, 4) is 0 Å². The van der Waals surface area contributed by atoms with Gasteiger partial charge in [-0.2, -0.15) is 0 Å². The van der Waals surface area contributed by atoms with Gasteiger partial charge in [0.2, 0.25) is 0 Å². The average Bonchev–Trinajstić information content (AvgIpc) is 2.23. The summed E-state index contributed by atoms with van der Waals surface area (Å²) in [7, 11) is 0. The molecule has 0 aromatic rings. The van der Waals surface area contributed by atoms with Crippen LogP contribution in [-0.4, -0.2) is 49.1 Å². The Kier molecular flexibility index (Phi) is 4.45. The molecule has 0 unspecified atom stereocenters. The van der Waals surface area contributed by atoms with E-state index in [1.165, 1.54) is 65.0 Å². The van der Waals surface area contributed by atoms with E-state index in [1.54, 1.807) is 0 Å². The van der Waals surface area contributed by atoms with Gasteiger partial charge in [0.15, 0.2) is 0 Å². The molecule has 2 heteroatoms. The predicted molar refractivity (Wildman–Crippen MR) is 64.8 cm³/mol. The maximum atomic E-state index is 4.01. The fraction of sp³-hybridized carbons (Fsp3) is 0.923. The molecule has 2 nitrogen and oxygen atoms in total. The van der Waals surface area contributed by atoms with Crippen molar-refractivity contribution < 1.29 is 0 Å². The summed E-state index contributed by atoms with van der Waals surface area (Å²) < 4.78 is 0. The fourth-order valence-corrected chi connectivity index (χ4v) is 2.62. The molecule has 2 heterocycles. The molecule has 0 spiro atoms. The van der Waals surface area contributed by atoms with Crippen molar-refractivity contribution in [2.45, 2.75) is 32.1 Å². The second kappa shape index (κ2) is 5.86. The second-order valence-electron chi connectivity index (χ2n) is 5.12. The number of hydrogen-bond donors (Lipinski definition) is 0. The van der Waals surface area contributed by atoms with Crippen molar-refractivity contribution in [3.05, 3.63) is 6.92 Å². The lowest BCUT2D eigenvalue weighted by atomic mass is 9.94. The minimum atomic E-state index is 0.914. The maximum Gasteiger partial charge on any atom is -0.000653 e. The largest absolute Gasteiger partial charge is 0.303 e. The molecule has 2 rings (SSSR count). The minimum Gasteiger partial charge on any atom is -0.303 e. The van der Waals surface area contributed by atoms with Crippen LogP contribution in [0.4, 0.5) is 0 Å². The molecule has 0 N–H and O–H groups in total. The van der Waals surface area contributed by atoms with Crippen LogP contribution < -0.4 is 0 Å². The van der Waals surface area contributed by atoms with E-state index in [0.717, 1.165) is 12.3 Å². The van der Waals surface area contributed by atoms with Gasteiger partial charge in [0.25, 0.3) is 0 Å². The highest BCUT2D eigenvalue weighted by atomic mass is 15.2. The monoisotopic (exact) mass is 209 g/mol. The van der Waals surface area contributed by atoms with Crippen LogP contribution in [0, 0.1) is 12.8 Å².